The third kappa shape index (κ3) is 7.59. The molecule has 34 heavy (non-hydrogen) atoms. The van der Waals surface area contributed by atoms with E-state index in [9.17, 15) is 9.59 Å². The third-order valence-electron chi connectivity index (χ3n) is 6.54. The van der Waals surface area contributed by atoms with Gasteiger partial charge in [0.2, 0.25) is 0 Å². The number of benzene rings is 2. The van der Waals surface area contributed by atoms with Crippen molar-refractivity contribution in [1.29, 1.82) is 0 Å². The molecule has 0 N–H and O–H groups in total. The summed E-state index contributed by atoms with van der Waals surface area (Å²) >= 11 is 5.96. The number of halogens is 1. The zero-order chi connectivity index (χ0) is 24.2. The molecule has 4 nitrogen and oxygen atoms in total. The molecule has 3 rings (SSSR count). The van der Waals surface area contributed by atoms with Gasteiger partial charge in [-0.05, 0) is 48.7 Å². The molecule has 0 aliphatic heterocycles. The Balaban J connectivity index is 1.49. The highest BCUT2D eigenvalue weighted by atomic mass is 35.5. The highest BCUT2D eigenvalue weighted by Crippen LogP contribution is 2.19. The first-order chi connectivity index (χ1) is 16.6. The van der Waals surface area contributed by atoms with Gasteiger partial charge in [-0.1, -0.05) is 108 Å². The fourth-order valence-corrected chi connectivity index (χ4v) is 4.72. The number of rotatable bonds is 15. The van der Waals surface area contributed by atoms with E-state index in [-0.39, 0.29) is 5.56 Å². The lowest BCUT2D eigenvalue weighted by molar-refractivity contribution is 0.503. The highest BCUT2D eigenvalue weighted by molar-refractivity contribution is 6.30. The predicted molar refractivity (Wildman–Crippen MR) is 142 cm³/mol. The summed E-state index contributed by atoms with van der Waals surface area (Å²) in [6.07, 6.45) is 17.8. The van der Waals surface area contributed by atoms with E-state index < -0.39 is 5.76 Å². The number of hydrogen-bond donors (Lipinski definition) is 0. The highest BCUT2D eigenvalue weighted by Gasteiger charge is 2.14. The molecule has 0 fully saturated rings. The smallest absolute Gasteiger partial charge is 0.409 e. The van der Waals surface area contributed by atoms with Crippen molar-refractivity contribution in [2.24, 2.45) is 0 Å². The van der Waals surface area contributed by atoms with Crippen LogP contribution in [0, 0.1) is 0 Å². The molecule has 0 unspecified atom stereocenters. The van der Waals surface area contributed by atoms with Crippen molar-refractivity contribution < 1.29 is 4.42 Å². The van der Waals surface area contributed by atoms with E-state index in [2.05, 4.69) is 6.92 Å². The van der Waals surface area contributed by atoms with Crippen LogP contribution < -0.4 is 11.3 Å². The van der Waals surface area contributed by atoms with Crippen LogP contribution in [-0.4, -0.2) is 4.57 Å². The Kier molecular flexibility index (Phi) is 10.9. The van der Waals surface area contributed by atoms with Crippen LogP contribution in [-0.2, 0) is 6.42 Å². The molecule has 2 aromatic carbocycles. The van der Waals surface area contributed by atoms with Gasteiger partial charge >= 0.3 is 5.76 Å². The number of aromatic nitrogens is 1. The number of nitrogens with zero attached hydrogens (tertiary/aromatic N) is 1. The van der Waals surface area contributed by atoms with Crippen LogP contribution >= 0.6 is 11.6 Å². The topological polar surface area (TPSA) is 52.2 Å². The molecule has 0 saturated heterocycles. The maximum atomic E-state index is 13.3. The van der Waals surface area contributed by atoms with Crippen molar-refractivity contribution in [2.45, 2.75) is 96.8 Å². The van der Waals surface area contributed by atoms with Crippen molar-refractivity contribution in [3.8, 4) is 5.69 Å². The van der Waals surface area contributed by atoms with Crippen molar-refractivity contribution >= 4 is 22.6 Å². The molecule has 0 aliphatic carbocycles. The van der Waals surface area contributed by atoms with Crippen molar-refractivity contribution in [2.75, 3.05) is 0 Å². The van der Waals surface area contributed by atoms with E-state index in [0.29, 0.717) is 21.7 Å². The van der Waals surface area contributed by atoms with Gasteiger partial charge in [0.25, 0.3) is 5.56 Å². The molecule has 0 bridgehead atoms. The minimum absolute atomic E-state index is 0.334. The van der Waals surface area contributed by atoms with Gasteiger partial charge in [-0.3, -0.25) is 4.79 Å². The second kappa shape index (κ2) is 14.2. The van der Waals surface area contributed by atoms with E-state index in [4.69, 9.17) is 16.0 Å². The normalized spacial score (nSPS) is 11.4. The lowest BCUT2D eigenvalue weighted by atomic mass is 10.0. The zero-order valence-corrected chi connectivity index (χ0v) is 21.2. The minimum atomic E-state index is -0.682. The summed E-state index contributed by atoms with van der Waals surface area (Å²) in [4.78, 5) is 25.8. The minimum Gasteiger partial charge on any atom is -0.409 e. The molecule has 0 atom stereocenters. The van der Waals surface area contributed by atoms with Gasteiger partial charge in [-0.15, -0.1) is 0 Å². The molecule has 5 heteroatoms. The molecule has 3 aromatic rings. The van der Waals surface area contributed by atoms with E-state index in [1.54, 1.807) is 30.3 Å². The molecular weight excluding hydrogens is 446 g/mol. The molecule has 0 saturated carbocycles. The SMILES string of the molecule is CCCCCCCCCCCCCCCc1cccc2oc(=O)n(-c3ccc(Cl)cc3)c(=O)c12. The van der Waals surface area contributed by atoms with Gasteiger partial charge in [0, 0.05) is 5.02 Å². The summed E-state index contributed by atoms with van der Waals surface area (Å²) in [5.41, 5.74) is 1.42. The fourth-order valence-electron chi connectivity index (χ4n) is 4.59. The van der Waals surface area contributed by atoms with Gasteiger partial charge in [-0.2, -0.15) is 0 Å². The van der Waals surface area contributed by atoms with Crippen molar-refractivity contribution in [3.05, 3.63) is 74.0 Å². The van der Waals surface area contributed by atoms with Crippen LogP contribution in [0.15, 0.2) is 56.5 Å². The Morgan fingerprint density at radius 1 is 0.735 bits per heavy atom. The number of unbranched alkanes of at least 4 members (excludes halogenated alkanes) is 12. The summed E-state index contributed by atoms with van der Waals surface area (Å²) in [6, 6.07) is 12.1. The van der Waals surface area contributed by atoms with Crippen molar-refractivity contribution in [1.82, 2.24) is 4.57 Å². The Morgan fingerprint density at radius 3 is 1.88 bits per heavy atom. The first kappa shape index (κ1) is 26.3. The summed E-state index contributed by atoms with van der Waals surface area (Å²) in [6.45, 7) is 2.26. The Bertz CT molecular complexity index is 1130. The largest absolute Gasteiger partial charge is 0.426 e. The van der Waals surface area contributed by atoms with Crippen LogP contribution in [0.25, 0.3) is 16.7 Å². The van der Waals surface area contributed by atoms with Gasteiger partial charge in [0.15, 0.2) is 0 Å². The maximum Gasteiger partial charge on any atom is 0.426 e. The molecule has 0 radical (unpaired) electrons. The van der Waals surface area contributed by atoms with Gasteiger partial charge in [-0.25, -0.2) is 9.36 Å². The summed E-state index contributed by atoms with van der Waals surface area (Å²) in [7, 11) is 0. The van der Waals surface area contributed by atoms with E-state index in [1.165, 1.54) is 70.6 Å². The quantitative estimate of drug-likeness (QED) is 0.204. The Labute approximate surface area is 208 Å². The van der Waals surface area contributed by atoms with Crippen LogP contribution in [0.5, 0.6) is 0 Å². The average molecular weight is 484 g/mol. The first-order valence-electron chi connectivity index (χ1n) is 13.1. The summed E-state index contributed by atoms with van der Waals surface area (Å²) in [5, 5.41) is 1.04. The lowest BCUT2D eigenvalue weighted by Crippen LogP contribution is -2.31. The van der Waals surface area contributed by atoms with Gasteiger partial charge in [0.1, 0.15) is 5.58 Å². The molecule has 0 aliphatic rings. The monoisotopic (exact) mass is 483 g/mol. The van der Waals surface area contributed by atoms with Crippen LogP contribution in [0.3, 0.4) is 0 Å². The fraction of sp³-hybridized carbons (Fsp3) is 0.517. The number of fused-ring (bicyclic) bond motifs is 1. The molecule has 0 amide bonds. The maximum absolute atomic E-state index is 13.3. The average Bonchev–Trinajstić information content (AvgIpc) is 2.83. The van der Waals surface area contributed by atoms with E-state index in [1.807, 2.05) is 12.1 Å². The second-order valence-electron chi connectivity index (χ2n) is 9.27. The van der Waals surface area contributed by atoms with Crippen LogP contribution in [0.1, 0.15) is 96.0 Å². The Hall–Kier alpha value is -2.33. The third-order valence-corrected chi connectivity index (χ3v) is 6.80. The predicted octanol–water partition coefficient (Wildman–Crippen LogP) is 8.23. The molecular formula is C29H38ClNO3. The van der Waals surface area contributed by atoms with E-state index in [0.717, 1.165) is 29.4 Å². The first-order valence-corrected chi connectivity index (χ1v) is 13.4. The lowest BCUT2D eigenvalue weighted by Gasteiger charge is -2.09. The van der Waals surface area contributed by atoms with Crippen LogP contribution in [0.2, 0.25) is 5.02 Å². The molecule has 0 spiro atoms. The van der Waals surface area contributed by atoms with Gasteiger partial charge < -0.3 is 4.42 Å². The molecule has 184 valence electrons. The molecule has 1 aromatic heterocycles. The van der Waals surface area contributed by atoms with Crippen LogP contribution in [0.4, 0.5) is 0 Å². The number of hydrogen-bond acceptors (Lipinski definition) is 3. The Morgan fingerprint density at radius 2 is 1.29 bits per heavy atom. The van der Waals surface area contributed by atoms with E-state index >= 15 is 0 Å². The van der Waals surface area contributed by atoms with Gasteiger partial charge in [0.05, 0.1) is 11.1 Å². The zero-order valence-electron chi connectivity index (χ0n) is 20.5. The molecule has 1 heterocycles. The van der Waals surface area contributed by atoms with Crippen molar-refractivity contribution in [3.63, 3.8) is 0 Å². The standard InChI is InChI=1S/C29H38ClNO3/c1-2-3-4-5-6-7-8-9-10-11-12-13-14-16-23-17-15-18-26-27(23)28(32)31(29(33)34-26)25-21-19-24(30)20-22-25/h15,17-22H,2-14,16H2,1H3. The second-order valence-corrected chi connectivity index (χ2v) is 9.70. The number of aryl methyl sites for hydroxylation is 1. The summed E-state index contributed by atoms with van der Waals surface area (Å²) in [5.74, 6) is -0.682. The summed E-state index contributed by atoms with van der Waals surface area (Å²) < 4.78 is 6.58.